The average Bonchev–Trinajstić information content (AvgIpc) is 2.48. The van der Waals surface area contributed by atoms with Crippen molar-refractivity contribution in [3.63, 3.8) is 0 Å². The molecule has 1 heterocycles. The lowest BCUT2D eigenvalue weighted by Gasteiger charge is -2.32. The average molecular weight is 287 g/mol. The summed E-state index contributed by atoms with van der Waals surface area (Å²) >= 11 is 0. The van der Waals surface area contributed by atoms with Crippen LogP contribution in [-0.2, 0) is 0 Å². The van der Waals surface area contributed by atoms with Crippen molar-refractivity contribution in [3.8, 4) is 6.07 Å². The van der Waals surface area contributed by atoms with E-state index in [4.69, 9.17) is 11.5 Å². The molecule has 6 nitrogen and oxygen atoms in total. The van der Waals surface area contributed by atoms with Gasteiger partial charge in [-0.05, 0) is 31.5 Å². The van der Waals surface area contributed by atoms with Crippen LogP contribution in [0.5, 0.6) is 0 Å². The molecular formula is C15H21N5O. The largest absolute Gasteiger partial charge is 0.398 e. The molecule has 6 heteroatoms. The third-order valence-electron chi connectivity index (χ3n) is 3.97. The minimum atomic E-state index is -0.619. The zero-order chi connectivity index (χ0) is 15.4. The van der Waals surface area contributed by atoms with E-state index in [1.165, 1.54) is 6.07 Å². The standard InChI is InChI=1S/C15H21N5O/c1-2-20-5-3-11(4-6-20)19-14-8-13(17)12(15(18)21)7-10(14)9-16/h7-8,11,19H,2-6,17H2,1H3,(H2,18,21). The number of piperidine rings is 1. The monoisotopic (exact) mass is 287 g/mol. The topological polar surface area (TPSA) is 108 Å². The number of amides is 1. The Hall–Kier alpha value is -2.26. The molecule has 0 spiro atoms. The summed E-state index contributed by atoms with van der Waals surface area (Å²) in [5.74, 6) is -0.619. The molecule has 1 aromatic rings. The first-order valence-electron chi connectivity index (χ1n) is 7.17. The van der Waals surface area contributed by atoms with Gasteiger partial charge in [-0.25, -0.2) is 0 Å². The molecule has 1 amide bonds. The Balaban J connectivity index is 2.15. The van der Waals surface area contributed by atoms with Crippen molar-refractivity contribution in [1.82, 2.24) is 4.90 Å². The van der Waals surface area contributed by atoms with Crippen molar-refractivity contribution in [2.24, 2.45) is 5.73 Å². The maximum absolute atomic E-state index is 11.3. The Kier molecular flexibility index (Phi) is 4.66. The van der Waals surface area contributed by atoms with E-state index in [9.17, 15) is 10.1 Å². The van der Waals surface area contributed by atoms with Crippen molar-refractivity contribution >= 4 is 17.3 Å². The van der Waals surface area contributed by atoms with E-state index in [2.05, 4.69) is 23.2 Å². The van der Waals surface area contributed by atoms with Crippen molar-refractivity contribution < 1.29 is 4.79 Å². The zero-order valence-corrected chi connectivity index (χ0v) is 12.2. The summed E-state index contributed by atoms with van der Waals surface area (Å²) in [6.45, 7) is 5.32. The normalized spacial score (nSPS) is 16.4. The first kappa shape index (κ1) is 15.1. The van der Waals surface area contributed by atoms with Crippen LogP contribution in [0.2, 0.25) is 0 Å². The van der Waals surface area contributed by atoms with E-state index < -0.39 is 5.91 Å². The molecule has 1 saturated heterocycles. The maximum Gasteiger partial charge on any atom is 0.250 e. The van der Waals surface area contributed by atoms with E-state index in [1.54, 1.807) is 6.07 Å². The molecule has 21 heavy (non-hydrogen) atoms. The number of hydrogen-bond donors (Lipinski definition) is 3. The minimum absolute atomic E-state index is 0.193. The second kappa shape index (κ2) is 6.46. The van der Waals surface area contributed by atoms with Crippen molar-refractivity contribution in [2.45, 2.75) is 25.8 Å². The highest BCUT2D eigenvalue weighted by molar-refractivity contribution is 5.99. The van der Waals surface area contributed by atoms with Crippen LogP contribution in [0.25, 0.3) is 0 Å². The van der Waals surface area contributed by atoms with E-state index in [1.807, 2.05) is 0 Å². The highest BCUT2D eigenvalue weighted by Crippen LogP contribution is 2.25. The number of benzene rings is 1. The Labute approximate surface area is 124 Å². The highest BCUT2D eigenvalue weighted by atomic mass is 16.1. The van der Waals surface area contributed by atoms with Crippen LogP contribution in [0.1, 0.15) is 35.7 Å². The van der Waals surface area contributed by atoms with Gasteiger partial charge in [0.1, 0.15) is 6.07 Å². The first-order chi connectivity index (χ1) is 10.0. The fourth-order valence-electron chi connectivity index (χ4n) is 2.66. The van der Waals surface area contributed by atoms with Crippen LogP contribution in [0.4, 0.5) is 11.4 Å². The van der Waals surface area contributed by atoms with E-state index in [-0.39, 0.29) is 5.56 Å². The number of hydrogen-bond acceptors (Lipinski definition) is 5. The van der Waals surface area contributed by atoms with Crippen molar-refractivity contribution in [2.75, 3.05) is 30.7 Å². The number of nitrogens with one attached hydrogen (secondary N) is 1. The number of carbonyl (C=O) groups excluding carboxylic acids is 1. The fraction of sp³-hybridized carbons (Fsp3) is 0.467. The minimum Gasteiger partial charge on any atom is -0.398 e. The third-order valence-corrected chi connectivity index (χ3v) is 3.97. The van der Waals surface area contributed by atoms with Gasteiger partial charge in [-0.2, -0.15) is 5.26 Å². The number of nitrogens with zero attached hydrogens (tertiary/aromatic N) is 2. The molecule has 0 aromatic heterocycles. The van der Waals surface area contributed by atoms with Gasteiger partial charge < -0.3 is 21.7 Å². The summed E-state index contributed by atoms with van der Waals surface area (Å²) < 4.78 is 0. The Bertz CT molecular complexity index is 570. The Morgan fingerprint density at radius 2 is 2.14 bits per heavy atom. The number of likely N-dealkylation sites (tertiary alicyclic amines) is 1. The summed E-state index contributed by atoms with van der Waals surface area (Å²) in [5, 5.41) is 12.6. The SMILES string of the molecule is CCN1CCC(Nc2cc(N)c(C(N)=O)cc2C#N)CC1. The quantitative estimate of drug-likeness (QED) is 0.719. The number of nitrogens with two attached hydrogens (primary N) is 2. The molecule has 0 radical (unpaired) electrons. The predicted octanol–water partition coefficient (Wildman–Crippen LogP) is 1.14. The van der Waals surface area contributed by atoms with E-state index in [0.29, 0.717) is 23.0 Å². The molecule has 1 aliphatic rings. The number of carbonyl (C=O) groups is 1. The molecule has 2 rings (SSSR count). The maximum atomic E-state index is 11.3. The summed E-state index contributed by atoms with van der Waals surface area (Å²) in [7, 11) is 0. The van der Waals surface area contributed by atoms with Crippen molar-refractivity contribution in [3.05, 3.63) is 23.3 Å². The van der Waals surface area contributed by atoms with Gasteiger partial charge in [0, 0.05) is 24.8 Å². The molecule has 0 unspecified atom stereocenters. The van der Waals surface area contributed by atoms with Crippen LogP contribution in [0.15, 0.2) is 12.1 Å². The molecule has 1 aromatic carbocycles. The van der Waals surface area contributed by atoms with Gasteiger partial charge in [-0.15, -0.1) is 0 Å². The van der Waals surface area contributed by atoms with Crippen LogP contribution in [-0.4, -0.2) is 36.5 Å². The number of anilines is 2. The number of primary amides is 1. The van der Waals surface area contributed by atoms with E-state index >= 15 is 0 Å². The van der Waals surface area contributed by atoms with Gasteiger partial charge in [0.2, 0.25) is 0 Å². The molecule has 0 atom stereocenters. The fourth-order valence-corrected chi connectivity index (χ4v) is 2.66. The van der Waals surface area contributed by atoms with Gasteiger partial charge in [0.15, 0.2) is 0 Å². The second-order valence-electron chi connectivity index (χ2n) is 5.31. The molecule has 112 valence electrons. The third kappa shape index (κ3) is 3.44. The summed E-state index contributed by atoms with van der Waals surface area (Å²) in [4.78, 5) is 13.7. The Morgan fingerprint density at radius 1 is 1.48 bits per heavy atom. The summed E-state index contributed by atoms with van der Waals surface area (Å²) in [5.41, 5.74) is 12.7. The van der Waals surface area contributed by atoms with Gasteiger partial charge in [-0.1, -0.05) is 6.92 Å². The lowest BCUT2D eigenvalue weighted by atomic mass is 10.0. The van der Waals surface area contributed by atoms with Crippen LogP contribution in [0.3, 0.4) is 0 Å². The summed E-state index contributed by atoms with van der Waals surface area (Å²) in [6.07, 6.45) is 2.05. The zero-order valence-electron chi connectivity index (χ0n) is 12.2. The molecule has 0 aliphatic carbocycles. The van der Waals surface area contributed by atoms with Crippen LogP contribution in [0, 0.1) is 11.3 Å². The molecule has 1 fully saturated rings. The van der Waals surface area contributed by atoms with E-state index in [0.717, 1.165) is 32.5 Å². The molecule has 0 saturated carbocycles. The summed E-state index contributed by atoms with van der Waals surface area (Å²) in [6, 6.07) is 5.50. The Morgan fingerprint density at radius 3 is 2.67 bits per heavy atom. The molecule has 1 aliphatic heterocycles. The van der Waals surface area contributed by atoms with Crippen molar-refractivity contribution in [1.29, 1.82) is 5.26 Å². The number of nitriles is 1. The second-order valence-corrected chi connectivity index (χ2v) is 5.31. The first-order valence-corrected chi connectivity index (χ1v) is 7.17. The molecule has 5 N–H and O–H groups in total. The predicted molar refractivity (Wildman–Crippen MR) is 82.8 cm³/mol. The lowest BCUT2D eigenvalue weighted by molar-refractivity contribution is 0.100. The molecular weight excluding hydrogens is 266 g/mol. The highest BCUT2D eigenvalue weighted by Gasteiger charge is 2.20. The van der Waals surface area contributed by atoms with Gasteiger partial charge in [-0.3, -0.25) is 4.79 Å². The molecule has 0 bridgehead atoms. The lowest BCUT2D eigenvalue weighted by Crippen LogP contribution is -2.39. The number of nitrogen functional groups attached to an aromatic ring is 1. The van der Waals surface area contributed by atoms with Crippen LogP contribution < -0.4 is 16.8 Å². The van der Waals surface area contributed by atoms with Gasteiger partial charge >= 0.3 is 0 Å². The van der Waals surface area contributed by atoms with Crippen LogP contribution >= 0.6 is 0 Å². The van der Waals surface area contributed by atoms with Gasteiger partial charge in [0.25, 0.3) is 5.91 Å². The van der Waals surface area contributed by atoms with Gasteiger partial charge in [0.05, 0.1) is 16.8 Å². The smallest absolute Gasteiger partial charge is 0.250 e. The number of rotatable bonds is 4.